The molecule has 1 aliphatic heterocycles. The van der Waals surface area contributed by atoms with Gasteiger partial charge in [0.2, 0.25) is 0 Å². The Kier molecular flexibility index (Phi) is 5.27. The Morgan fingerprint density at radius 1 is 1.22 bits per heavy atom. The number of benzene rings is 1. The molecule has 1 aromatic heterocycles. The SMILES string of the molecule is OCC1CCCN(c2cc(NCC3(O)CCCc4ccccc43)ncn2)C1. The number of aryl methyl sites for hydroxylation is 1. The smallest absolute Gasteiger partial charge is 0.134 e. The normalized spacial score (nSPS) is 25.1. The monoisotopic (exact) mass is 368 g/mol. The van der Waals surface area contributed by atoms with E-state index in [1.165, 1.54) is 5.56 Å². The average Bonchev–Trinajstić information content (AvgIpc) is 2.73. The molecule has 0 amide bonds. The predicted octanol–water partition coefficient (Wildman–Crippen LogP) is 2.32. The van der Waals surface area contributed by atoms with Crippen LogP contribution in [0.2, 0.25) is 0 Å². The molecule has 0 spiro atoms. The van der Waals surface area contributed by atoms with Gasteiger partial charge < -0.3 is 20.4 Å². The van der Waals surface area contributed by atoms with Crippen molar-refractivity contribution < 1.29 is 10.2 Å². The molecule has 0 saturated carbocycles. The zero-order chi connectivity index (χ0) is 18.7. The molecule has 0 bridgehead atoms. The van der Waals surface area contributed by atoms with Crippen LogP contribution in [-0.4, -0.2) is 46.4 Å². The van der Waals surface area contributed by atoms with Crippen molar-refractivity contribution in [2.24, 2.45) is 5.92 Å². The molecule has 1 aromatic carbocycles. The molecule has 27 heavy (non-hydrogen) atoms. The summed E-state index contributed by atoms with van der Waals surface area (Å²) in [6.07, 6.45) is 6.46. The van der Waals surface area contributed by atoms with Crippen molar-refractivity contribution in [3.05, 3.63) is 47.8 Å². The number of aliphatic hydroxyl groups excluding tert-OH is 1. The lowest BCUT2D eigenvalue weighted by Crippen LogP contribution is -2.38. The summed E-state index contributed by atoms with van der Waals surface area (Å²) in [5, 5.41) is 24.0. The largest absolute Gasteiger partial charge is 0.396 e. The van der Waals surface area contributed by atoms with Crippen molar-refractivity contribution in [2.75, 3.05) is 36.5 Å². The van der Waals surface area contributed by atoms with Crippen LogP contribution in [0.25, 0.3) is 0 Å². The Labute approximate surface area is 160 Å². The fraction of sp³-hybridized carbons (Fsp3) is 0.524. The van der Waals surface area contributed by atoms with Gasteiger partial charge in [-0.05, 0) is 49.1 Å². The number of nitrogens with zero attached hydrogens (tertiary/aromatic N) is 3. The molecule has 144 valence electrons. The third kappa shape index (κ3) is 3.92. The van der Waals surface area contributed by atoms with Crippen LogP contribution in [0.1, 0.15) is 36.8 Å². The summed E-state index contributed by atoms with van der Waals surface area (Å²) in [6, 6.07) is 10.1. The zero-order valence-electron chi connectivity index (χ0n) is 15.6. The minimum absolute atomic E-state index is 0.221. The number of aromatic nitrogens is 2. The Morgan fingerprint density at radius 3 is 3.00 bits per heavy atom. The number of hydrogen-bond donors (Lipinski definition) is 3. The quantitative estimate of drug-likeness (QED) is 0.751. The molecule has 6 heteroatoms. The highest BCUT2D eigenvalue weighted by Gasteiger charge is 2.34. The van der Waals surface area contributed by atoms with Crippen molar-refractivity contribution in [1.82, 2.24) is 9.97 Å². The standard InChI is InChI=1S/C21H28N4O2/c26-13-16-5-4-10-25(12-16)20-11-19(23-15-24-20)22-14-21(27)9-3-7-17-6-1-2-8-18(17)21/h1-2,6,8,11,15-16,26-27H,3-5,7,9-10,12-14H2,(H,22,23,24). The molecule has 2 atom stereocenters. The summed E-state index contributed by atoms with van der Waals surface area (Å²) >= 11 is 0. The first-order valence-corrected chi connectivity index (χ1v) is 9.90. The molecule has 6 nitrogen and oxygen atoms in total. The van der Waals surface area contributed by atoms with Crippen LogP contribution in [0.5, 0.6) is 0 Å². The predicted molar refractivity (Wildman–Crippen MR) is 106 cm³/mol. The maximum Gasteiger partial charge on any atom is 0.134 e. The maximum atomic E-state index is 11.2. The van der Waals surface area contributed by atoms with Crippen LogP contribution in [0.4, 0.5) is 11.6 Å². The first kappa shape index (κ1) is 18.2. The number of aliphatic hydroxyl groups is 2. The van der Waals surface area contributed by atoms with E-state index in [-0.39, 0.29) is 6.61 Å². The van der Waals surface area contributed by atoms with Crippen LogP contribution >= 0.6 is 0 Å². The second-order valence-electron chi connectivity index (χ2n) is 7.79. The Balaban J connectivity index is 1.46. The third-order valence-electron chi connectivity index (χ3n) is 5.87. The molecule has 1 fully saturated rings. The van der Waals surface area contributed by atoms with Gasteiger partial charge in [0.1, 0.15) is 23.6 Å². The van der Waals surface area contributed by atoms with Gasteiger partial charge in [0.25, 0.3) is 0 Å². The molecule has 0 radical (unpaired) electrons. The fourth-order valence-electron chi connectivity index (χ4n) is 4.36. The highest BCUT2D eigenvalue weighted by Crippen LogP contribution is 2.35. The van der Waals surface area contributed by atoms with E-state index in [0.717, 1.165) is 62.4 Å². The summed E-state index contributed by atoms with van der Waals surface area (Å²) in [4.78, 5) is 11.0. The van der Waals surface area contributed by atoms with Crippen LogP contribution < -0.4 is 10.2 Å². The van der Waals surface area contributed by atoms with E-state index < -0.39 is 5.60 Å². The topological polar surface area (TPSA) is 81.5 Å². The maximum absolute atomic E-state index is 11.2. The van der Waals surface area contributed by atoms with Crippen LogP contribution in [0.3, 0.4) is 0 Å². The summed E-state index contributed by atoms with van der Waals surface area (Å²) in [5.74, 6) is 1.91. The number of rotatable bonds is 5. The first-order chi connectivity index (χ1) is 13.2. The fourth-order valence-corrected chi connectivity index (χ4v) is 4.36. The van der Waals surface area contributed by atoms with Crippen molar-refractivity contribution in [3.63, 3.8) is 0 Å². The van der Waals surface area contributed by atoms with Gasteiger partial charge in [-0.25, -0.2) is 9.97 Å². The molecular formula is C21H28N4O2. The van der Waals surface area contributed by atoms with Gasteiger partial charge in [-0.2, -0.15) is 0 Å². The van der Waals surface area contributed by atoms with Crippen LogP contribution in [0, 0.1) is 5.92 Å². The molecule has 2 aromatic rings. The van der Waals surface area contributed by atoms with Gasteiger partial charge in [0.05, 0.1) is 0 Å². The summed E-state index contributed by atoms with van der Waals surface area (Å²) < 4.78 is 0. The number of anilines is 2. The van der Waals surface area contributed by atoms with Gasteiger partial charge >= 0.3 is 0 Å². The molecule has 1 saturated heterocycles. The van der Waals surface area contributed by atoms with Gasteiger partial charge in [0.15, 0.2) is 0 Å². The number of piperidine rings is 1. The molecule has 1 aliphatic carbocycles. The van der Waals surface area contributed by atoms with E-state index in [1.54, 1.807) is 6.33 Å². The highest BCUT2D eigenvalue weighted by atomic mass is 16.3. The van der Waals surface area contributed by atoms with E-state index in [4.69, 9.17) is 0 Å². The summed E-state index contributed by atoms with van der Waals surface area (Å²) in [5.41, 5.74) is 1.40. The summed E-state index contributed by atoms with van der Waals surface area (Å²) in [7, 11) is 0. The van der Waals surface area contributed by atoms with Crippen molar-refractivity contribution >= 4 is 11.6 Å². The number of fused-ring (bicyclic) bond motifs is 1. The molecule has 3 N–H and O–H groups in total. The van der Waals surface area contributed by atoms with Crippen molar-refractivity contribution in [2.45, 2.75) is 37.7 Å². The zero-order valence-corrected chi connectivity index (χ0v) is 15.6. The van der Waals surface area contributed by atoms with Crippen LogP contribution in [0.15, 0.2) is 36.7 Å². The molecule has 2 unspecified atom stereocenters. The number of hydrogen-bond acceptors (Lipinski definition) is 6. The van der Waals surface area contributed by atoms with Crippen molar-refractivity contribution in [1.29, 1.82) is 0 Å². The van der Waals surface area contributed by atoms with E-state index in [1.807, 2.05) is 24.3 Å². The molecule has 2 heterocycles. The summed E-state index contributed by atoms with van der Waals surface area (Å²) in [6.45, 7) is 2.42. The lowest BCUT2D eigenvalue weighted by atomic mass is 9.79. The molecule has 2 aliphatic rings. The van der Waals surface area contributed by atoms with Gasteiger partial charge in [0, 0.05) is 32.3 Å². The Bertz CT molecular complexity index is 784. The average molecular weight is 368 g/mol. The first-order valence-electron chi connectivity index (χ1n) is 9.90. The Hall–Kier alpha value is -2.18. The second-order valence-corrected chi connectivity index (χ2v) is 7.79. The van der Waals surface area contributed by atoms with Crippen molar-refractivity contribution in [3.8, 4) is 0 Å². The van der Waals surface area contributed by atoms with E-state index in [9.17, 15) is 10.2 Å². The molecule has 4 rings (SSSR count). The minimum Gasteiger partial charge on any atom is -0.396 e. The van der Waals surface area contributed by atoms with Gasteiger partial charge in [-0.3, -0.25) is 0 Å². The van der Waals surface area contributed by atoms with E-state index in [0.29, 0.717) is 12.5 Å². The number of nitrogens with one attached hydrogen (secondary N) is 1. The van der Waals surface area contributed by atoms with E-state index >= 15 is 0 Å². The minimum atomic E-state index is -0.868. The van der Waals surface area contributed by atoms with E-state index in [2.05, 4.69) is 26.3 Å². The van der Waals surface area contributed by atoms with Gasteiger partial charge in [-0.15, -0.1) is 0 Å². The van der Waals surface area contributed by atoms with Crippen LogP contribution in [-0.2, 0) is 12.0 Å². The lowest BCUT2D eigenvalue weighted by Gasteiger charge is -2.35. The Morgan fingerprint density at radius 2 is 2.11 bits per heavy atom. The highest BCUT2D eigenvalue weighted by molar-refractivity contribution is 5.49. The molecular weight excluding hydrogens is 340 g/mol. The lowest BCUT2D eigenvalue weighted by molar-refractivity contribution is 0.0322. The third-order valence-corrected chi connectivity index (χ3v) is 5.87. The van der Waals surface area contributed by atoms with Gasteiger partial charge in [-0.1, -0.05) is 24.3 Å². The second kappa shape index (κ2) is 7.82.